The highest BCUT2D eigenvalue weighted by Crippen LogP contribution is 2.31. The number of allylic oxidation sites excluding steroid dienone is 4. The molecule has 1 aliphatic carbocycles. The minimum Gasteiger partial charge on any atom is -0.481 e. The van der Waals surface area contributed by atoms with Gasteiger partial charge in [-0.25, -0.2) is 14.7 Å². The Bertz CT molecular complexity index is 1350. The summed E-state index contributed by atoms with van der Waals surface area (Å²) in [6.45, 7) is 2.77. The van der Waals surface area contributed by atoms with Crippen LogP contribution in [0.5, 0.6) is 5.88 Å². The quantitative estimate of drug-likeness (QED) is 0.542. The van der Waals surface area contributed by atoms with E-state index in [0.29, 0.717) is 36.7 Å². The van der Waals surface area contributed by atoms with Crippen molar-refractivity contribution in [3.8, 4) is 5.88 Å². The summed E-state index contributed by atoms with van der Waals surface area (Å²) >= 11 is 0. The third kappa shape index (κ3) is 4.79. The number of pyridine rings is 2. The molecule has 198 valence electrons. The number of rotatable bonds is 7. The van der Waals surface area contributed by atoms with Gasteiger partial charge >= 0.3 is 6.09 Å². The lowest BCUT2D eigenvalue weighted by Crippen LogP contribution is -2.40. The van der Waals surface area contributed by atoms with Crippen molar-refractivity contribution in [3.63, 3.8) is 0 Å². The highest BCUT2D eigenvalue weighted by atomic mass is 16.6. The molecule has 2 atom stereocenters. The normalized spacial score (nSPS) is 23.1. The smallest absolute Gasteiger partial charge is 0.417 e. The maximum atomic E-state index is 12.7. The minimum atomic E-state index is -0.423. The number of aromatic nitrogens is 2. The Kier molecular flexibility index (Phi) is 6.63. The lowest BCUT2D eigenvalue weighted by molar-refractivity contribution is 0.101. The Hall–Kier alpha value is -4.05. The summed E-state index contributed by atoms with van der Waals surface area (Å²) in [6.07, 6.45) is 13.1. The largest absolute Gasteiger partial charge is 0.481 e. The number of hydrogen-bond acceptors (Lipinski definition) is 9. The molecule has 0 bridgehead atoms. The molecule has 0 spiro atoms. The van der Waals surface area contributed by atoms with Crippen molar-refractivity contribution >= 4 is 22.8 Å². The van der Waals surface area contributed by atoms with Crippen molar-refractivity contribution < 1.29 is 23.7 Å². The van der Waals surface area contributed by atoms with E-state index >= 15 is 0 Å². The fourth-order valence-corrected chi connectivity index (χ4v) is 5.33. The third-order valence-corrected chi connectivity index (χ3v) is 7.39. The molecule has 2 fully saturated rings. The number of amides is 1. The molecule has 0 aromatic carbocycles. The summed E-state index contributed by atoms with van der Waals surface area (Å²) in [5.74, 6) is 1.55. The summed E-state index contributed by atoms with van der Waals surface area (Å²) in [4.78, 5) is 27.9. The van der Waals surface area contributed by atoms with Crippen molar-refractivity contribution in [2.24, 2.45) is 0 Å². The molecule has 0 saturated carbocycles. The fraction of sp³-hybridized carbons (Fsp3) is 0.393. The van der Waals surface area contributed by atoms with Gasteiger partial charge < -0.3 is 23.8 Å². The Balaban J connectivity index is 1.07. The lowest BCUT2D eigenvalue weighted by atomic mass is 10.0. The van der Waals surface area contributed by atoms with Crippen molar-refractivity contribution in [1.82, 2.24) is 19.8 Å². The maximum Gasteiger partial charge on any atom is 0.417 e. The van der Waals surface area contributed by atoms with Gasteiger partial charge in [0, 0.05) is 37.9 Å². The first kappa shape index (κ1) is 24.3. The van der Waals surface area contributed by atoms with Crippen LogP contribution < -0.4 is 9.64 Å². The molecule has 2 aromatic heterocycles. The average Bonchev–Trinajstić information content (AvgIpc) is 3.60. The Morgan fingerprint density at radius 2 is 2.13 bits per heavy atom. The first-order chi connectivity index (χ1) is 18.6. The number of anilines is 1. The summed E-state index contributed by atoms with van der Waals surface area (Å²) in [6, 6.07) is 6.08. The molecule has 2 aromatic rings. The van der Waals surface area contributed by atoms with Gasteiger partial charge in [0.25, 0.3) is 0 Å². The number of hydrogen-bond donors (Lipinski definition) is 0. The molecule has 5 heterocycles. The van der Waals surface area contributed by atoms with Gasteiger partial charge in [-0.2, -0.15) is 0 Å². The van der Waals surface area contributed by atoms with E-state index < -0.39 is 6.09 Å². The Morgan fingerprint density at radius 1 is 1.21 bits per heavy atom. The SMILES string of the molecule is COc1ccc2nccc(N3CC[C@H](N(C)C[C@@H]4CN(C5=COC=C(C6=CC=CCC6)O5)C(=O)O4)C3)c2n1. The fourth-order valence-electron chi connectivity index (χ4n) is 5.33. The number of cyclic esters (lactones) is 1. The van der Waals surface area contributed by atoms with Gasteiger partial charge in [-0.1, -0.05) is 18.2 Å². The highest BCUT2D eigenvalue weighted by molar-refractivity contribution is 5.88. The van der Waals surface area contributed by atoms with Crippen molar-refractivity contribution in [2.75, 3.05) is 45.2 Å². The van der Waals surface area contributed by atoms with Crippen LogP contribution in [0.4, 0.5) is 10.5 Å². The molecule has 38 heavy (non-hydrogen) atoms. The van der Waals surface area contributed by atoms with Gasteiger partial charge in [0.1, 0.15) is 17.9 Å². The minimum absolute atomic E-state index is 0.273. The molecule has 2 saturated heterocycles. The summed E-state index contributed by atoms with van der Waals surface area (Å²) in [5, 5.41) is 0. The number of ether oxygens (including phenoxy) is 4. The topological polar surface area (TPSA) is 89.5 Å². The van der Waals surface area contributed by atoms with E-state index in [0.717, 1.165) is 54.6 Å². The molecule has 10 heteroatoms. The average molecular weight is 518 g/mol. The van der Waals surface area contributed by atoms with Gasteiger partial charge in [-0.05, 0) is 44.0 Å². The van der Waals surface area contributed by atoms with Crippen molar-refractivity contribution in [1.29, 1.82) is 0 Å². The summed E-state index contributed by atoms with van der Waals surface area (Å²) < 4.78 is 22.6. The maximum absolute atomic E-state index is 12.7. The van der Waals surface area contributed by atoms with Crippen molar-refractivity contribution in [2.45, 2.75) is 31.4 Å². The van der Waals surface area contributed by atoms with Crippen LogP contribution in [-0.4, -0.2) is 78.3 Å². The van der Waals surface area contributed by atoms with E-state index in [4.69, 9.17) is 18.9 Å². The summed E-state index contributed by atoms with van der Waals surface area (Å²) in [5.41, 5.74) is 3.78. The summed E-state index contributed by atoms with van der Waals surface area (Å²) in [7, 11) is 3.70. The van der Waals surface area contributed by atoms with Crippen molar-refractivity contribution in [3.05, 3.63) is 72.4 Å². The molecule has 0 unspecified atom stereocenters. The zero-order chi connectivity index (χ0) is 26.1. The Morgan fingerprint density at radius 3 is 2.97 bits per heavy atom. The highest BCUT2D eigenvalue weighted by Gasteiger charge is 2.38. The molecule has 0 radical (unpaired) electrons. The second kappa shape index (κ2) is 10.4. The number of nitrogens with zero attached hydrogens (tertiary/aromatic N) is 5. The molecule has 4 aliphatic rings. The van der Waals surface area contributed by atoms with Crippen LogP contribution in [0.15, 0.2) is 72.4 Å². The molecular formula is C28H31N5O5. The van der Waals surface area contributed by atoms with Gasteiger partial charge in [-0.3, -0.25) is 9.88 Å². The number of methoxy groups -OCH3 is 1. The van der Waals surface area contributed by atoms with Crippen LogP contribution in [0.1, 0.15) is 19.3 Å². The molecule has 1 amide bonds. The van der Waals surface area contributed by atoms with E-state index in [9.17, 15) is 4.79 Å². The van der Waals surface area contributed by atoms with E-state index in [2.05, 4.69) is 32.9 Å². The van der Waals surface area contributed by atoms with E-state index in [1.54, 1.807) is 13.4 Å². The monoisotopic (exact) mass is 517 g/mol. The van der Waals surface area contributed by atoms with Crippen LogP contribution in [0, 0.1) is 0 Å². The zero-order valence-electron chi connectivity index (χ0n) is 21.6. The van der Waals surface area contributed by atoms with E-state index in [1.165, 1.54) is 11.2 Å². The third-order valence-electron chi connectivity index (χ3n) is 7.39. The predicted octanol–water partition coefficient (Wildman–Crippen LogP) is 3.93. The van der Waals surface area contributed by atoms with Gasteiger partial charge in [0.15, 0.2) is 12.0 Å². The predicted molar refractivity (Wildman–Crippen MR) is 141 cm³/mol. The number of likely N-dealkylation sites (N-methyl/N-ethyl adjacent to an activating group) is 1. The van der Waals surface area contributed by atoms with Gasteiger partial charge in [-0.15, -0.1) is 0 Å². The number of carbonyl (C=O) groups excluding carboxylic acids is 1. The molecular weight excluding hydrogens is 486 g/mol. The van der Waals surface area contributed by atoms with Crippen LogP contribution in [-0.2, 0) is 14.2 Å². The molecule has 3 aliphatic heterocycles. The van der Waals surface area contributed by atoms with Crippen LogP contribution in [0.3, 0.4) is 0 Å². The number of carbonyl (C=O) groups is 1. The van der Waals surface area contributed by atoms with Crippen LogP contribution in [0.25, 0.3) is 11.0 Å². The standard InChI is InChI=1S/C28H31N5O5/c1-31(20-11-13-32(14-20)23-10-12-29-22-8-9-25(35-2)30-27(22)23)15-21-16-33(28(34)37-21)26-18-36-17-24(38-26)19-6-4-3-5-7-19/h3-4,6,8-10,12,17-18,20-21H,5,7,11,13-16H2,1-2H3/t20-,21+/m0/s1. The van der Waals surface area contributed by atoms with Gasteiger partial charge in [0.05, 0.1) is 24.9 Å². The Labute approximate surface area is 221 Å². The van der Waals surface area contributed by atoms with Crippen LogP contribution >= 0.6 is 0 Å². The molecule has 6 rings (SSSR count). The number of fused-ring (bicyclic) bond motifs is 1. The molecule has 0 N–H and O–H groups in total. The first-order valence-electron chi connectivity index (χ1n) is 12.9. The van der Waals surface area contributed by atoms with E-state index in [-0.39, 0.29) is 6.10 Å². The second-order valence-electron chi connectivity index (χ2n) is 9.83. The molecule has 10 nitrogen and oxygen atoms in total. The zero-order valence-corrected chi connectivity index (χ0v) is 21.6. The van der Waals surface area contributed by atoms with E-state index in [1.807, 2.05) is 36.5 Å². The van der Waals surface area contributed by atoms with Crippen LogP contribution in [0.2, 0.25) is 0 Å². The first-order valence-corrected chi connectivity index (χ1v) is 12.9. The van der Waals surface area contributed by atoms with Gasteiger partial charge in [0.2, 0.25) is 11.8 Å². The lowest BCUT2D eigenvalue weighted by Gasteiger charge is -2.27. The second-order valence-corrected chi connectivity index (χ2v) is 9.83.